The molecule has 2 heterocycles. The molecule has 1 aromatic carbocycles. The number of aliphatic imine (C=N–C) groups is 1. The smallest absolute Gasteiger partial charge is 0.191 e. The number of hydrogen-bond donors (Lipinski definition) is 2. The predicted molar refractivity (Wildman–Crippen MR) is 141 cm³/mol. The summed E-state index contributed by atoms with van der Waals surface area (Å²) in [5, 5.41) is 6.78. The first-order chi connectivity index (χ1) is 15.3. The third-order valence-corrected chi connectivity index (χ3v) is 5.06. The van der Waals surface area contributed by atoms with E-state index in [1.54, 1.807) is 0 Å². The van der Waals surface area contributed by atoms with E-state index < -0.39 is 0 Å². The number of anilines is 1. The minimum Gasteiger partial charge on any atom is -0.378 e. The summed E-state index contributed by atoms with van der Waals surface area (Å²) in [6.07, 6.45) is 1.85. The number of pyridine rings is 1. The number of halogens is 1. The highest BCUT2D eigenvalue weighted by molar-refractivity contribution is 14.0. The molecule has 0 amide bonds. The van der Waals surface area contributed by atoms with Crippen LogP contribution in [0.15, 0.2) is 53.7 Å². The fraction of sp³-hybridized carbons (Fsp3) is 0.500. The fourth-order valence-electron chi connectivity index (χ4n) is 3.40. The van der Waals surface area contributed by atoms with Crippen molar-refractivity contribution in [2.75, 3.05) is 50.9 Å². The molecule has 1 saturated heterocycles. The van der Waals surface area contributed by atoms with Crippen molar-refractivity contribution in [1.29, 1.82) is 0 Å². The van der Waals surface area contributed by atoms with Gasteiger partial charge in [0.2, 0.25) is 0 Å². The van der Waals surface area contributed by atoms with Gasteiger partial charge < -0.3 is 25.0 Å². The van der Waals surface area contributed by atoms with Crippen LogP contribution in [0.3, 0.4) is 0 Å². The average Bonchev–Trinajstić information content (AvgIpc) is 2.82. The van der Waals surface area contributed by atoms with Crippen LogP contribution in [0.5, 0.6) is 0 Å². The van der Waals surface area contributed by atoms with Crippen LogP contribution >= 0.6 is 24.0 Å². The molecule has 0 spiro atoms. The Bertz CT molecular complexity index is 800. The summed E-state index contributed by atoms with van der Waals surface area (Å²) in [5.74, 6) is 2.19. The summed E-state index contributed by atoms with van der Waals surface area (Å²) >= 11 is 0. The van der Waals surface area contributed by atoms with E-state index in [0.717, 1.165) is 56.7 Å². The van der Waals surface area contributed by atoms with Gasteiger partial charge in [-0.1, -0.05) is 43.3 Å². The van der Waals surface area contributed by atoms with Crippen LogP contribution in [-0.2, 0) is 22.6 Å². The highest BCUT2D eigenvalue weighted by Crippen LogP contribution is 2.19. The lowest BCUT2D eigenvalue weighted by molar-refractivity contribution is 0.0931. The van der Waals surface area contributed by atoms with Crippen LogP contribution < -0.4 is 15.5 Å². The molecular formula is C24H36IN5O2. The molecule has 2 aromatic rings. The average molecular weight is 553 g/mol. The van der Waals surface area contributed by atoms with Crippen LogP contribution in [-0.4, -0.2) is 56.9 Å². The van der Waals surface area contributed by atoms with Crippen molar-refractivity contribution in [2.24, 2.45) is 10.9 Å². The molecule has 1 unspecified atom stereocenters. The molecular weight excluding hydrogens is 517 g/mol. The maximum atomic E-state index is 5.86. The van der Waals surface area contributed by atoms with E-state index in [4.69, 9.17) is 14.5 Å². The Morgan fingerprint density at radius 1 is 1.16 bits per heavy atom. The van der Waals surface area contributed by atoms with Crippen LogP contribution in [0.25, 0.3) is 0 Å². The number of nitrogens with zero attached hydrogens (tertiary/aromatic N) is 3. The van der Waals surface area contributed by atoms with Gasteiger partial charge in [-0.25, -0.2) is 9.98 Å². The largest absolute Gasteiger partial charge is 0.378 e. The molecule has 2 N–H and O–H groups in total. The van der Waals surface area contributed by atoms with Crippen LogP contribution in [0, 0.1) is 5.92 Å². The highest BCUT2D eigenvalue weighted by Gasteiger charge is 2.15. The van der Waals surface area contributed by atoms with Crippen molar-refractivity contribution >= 4 is 35.8 Å². The maximum absolute atomic E-state index is 5.86. The molecule has 0 bridgehead atoms. The van der Waals surface area contributed by atoms with E-state index in [9.17, 15) is 0 Å². The Hall–Kier alpha value is -1.91. The number of rotatable bonds is 10. The second-order valence-electron chi connectivity index (χ2n) is 7.77. The molecule has 0 saturated carbocycles. The van der Waals surface area contributed by atoms with Crippen LogP contribution in [0.2, 0.25) is 0 Å². The Morgan fingerprint density at radius 3 is 2.69 bits per heavy atom. The van der Waals surface area contributed by atoms with Gasteiger partial charge >= 0.3 is 0 Å². The quantitative estimate of drug-likeness (QED) is 0.267. The standard InChI is InChI=1S/C24H35N5O2.HI/c1-3-25-24(27-16-20(2)18-31-19-21-8-5-4-6-9-21)28-17-22-10-7-11-26-23(22)29-12-14-30-15-13-29;/h4-11,20H,3,12-19H2,1-2H3,(H2,25,27,28);1H. The third kappa shape index (κ3) is 8.91. The zero-order valence-electron chi connectivity index (χ0n) is 19.1. The molecule has 32 heavy (non-hydrogen) atoms. The molecule has 1 aromatic heterocycles. The zero-order chi connectivity index (χ0) is 21.7. The lowest BCUT2D eigenvalue weighted by atomic mass is 10.2. The maximum Gasteiger partial charge on any atom is 0.191 e. The molecule has 1 atom stereocenters. The minimum absolute atomic E-state index is 0. The van der Waals surface area contributed by atoms with Crippen molar-refractivity contribution in [3.05, 3.63) is 59.8 Å². The lowest BCUT2D eigenvalue weighted by Crippen LogP contribution is -2.40. The predicted octanol–water partition coefficient (Wildman–Crippen LogP) is 3.44. The second kappa shape index (κ2) is 15.0. The number of hydrogen-bond acceptors (Lipinski definition) is 5. The number of nitrogens with one attached hydrogen (secondary N) is 2. The number of aromatic nitrogens is 1. The Morgan fingerprint density at radius 2 is 1.94 bits per heavy atom. The summed E-state index contributed by atoms with van der Waals surface area (Å²) in [6.45, 7) is 11.0. The summed E-state index contributed by atoms with van der Waals surface area (Å²) < 4.78 is 11.3. The molecule has 1 fully saturated rings. The van der Waals surface area contributed by atoms with Gasteiger partial charge in [0.25, 0.3) is 0 Å². The minimum atomic E-state index is 0. The van der Waals surface area contributed by atoms with Gasteiger partial charge in [0.05, 0.1) is 33.0 Å². The van der Waals surface area contributed by atoms with E-state index in [0.29, 0.717) is 25.7 Å². The van der Waals surface area contributed by atoms with Crippen molar-refractivity contribution in [2.45, 2.75) is 27.0 Å². The first-order valence-electron chi connectivity index (χ1n) is 11.2. The first-order valence-corrected chi connectivity index (χ1v) is 11.2. The first kappa shape index (κ1) is 26.3. The number of ether oxygens (including phenoxy) is 2. The van der Waals surface area contributed by atoms with Crippen LogP contribution in [0.4, 0.5) is 5.82 Å². The van der Waals surface area contributed by atoms with E-state index in [-0.39, 0.29) is 24.0 Å². The molecule has 176 valence electrons. The SMILES string of the molecule is CCNC(=NCc1cccnc1N1CCOCC1)NCC(C)COCc1ccccc1.I. The summed E-state index contributed by atoms with van der Waals surface area (Å²) in [6, 6.07) is 14.3. The molecule has 1 aliphatic heterocycles. The normalized spacial score (nSPS) is 15.1. The fourth-order valence-corrected chi connectivity index (χ4v) is 3.40. The summed E-state index contributed by atoms with van der Waals surface area (Å²) in [7, 11) is 0. The van der Waals surface area contributed by atoms with Crippen LogP contribution in [0.1, 0.15) is 25.0 Å². The van der Waals surface area contributed by atoms with Gasteiger partial charge in [-0.15, -0.1) is 24.0 Å². The summed E-state index contributed by atoms with van der Waals surface area (Å²) in [5.41, 5.74) is 2.32. The Balaban J connectivity index is 0.00000363. The topological polar surface area (TPSA) is 71.0 Å². The van der Waals surface area contributed by atoms with E-state index in [2.05, 4.69) is 52.6 Å². The molecule has 7 nitrogen and oxygen atoms in total. The van der Waals surface area contributed by atoms with Gasteiger partial charge in [-0.05, 0) is 24.5 Å². The number of morpholine rings is 1. The molecule has 8 heteroatoms. The third-order valence-electron chi connectivity index (χ3n) is 5.06. The lowest BCUT2D eigenvalue weighted by Gasteiger charge is -2.29. The molecule has 0 aliphatic carbocycles. The van der Waals surface area contributed by atoms with Gasteiger partial charge in [-0.2, -0.15) is 0 Å². The van der Waals surface area contributed by atoms with Gasteiger partial charge in [-0.3, -0.25) is 0 Å². The van der Waals surface area contributed by atoms with Crippen molar-refractivity contribution in [3.8, 4) is 0 Å². The van der Waals surface area contributed by atoms with Crippen molar-refractivity contribution in [3.63, 3.8) is 0 Å². The number of guanidine groups is 1. The molecule has 0 radical (unpaired) electrons. The van der Waals surface area contributed by atoms with Crippen molar-refractivity contribution < 1.29 is 9.47 Å². The zero-order valence-corrected chi connectivity index (χ0v) is 21.5. The van der Waals surface area contributed by atoms with E-state index in [1.807, 2.05) is 30.5 Å². The van der Waals surface area contributed by atoms with Gasteiger partial charge in [0.1, 0.15) is 5.82 Å². The molecule has 1 aliphatic rings. The second-order valence-corrected chi connectivity index (χ2v) is 7.77. The molecule has 3 rings (SSSR count). The number of benzene rings is 1. The van der Waals surface area contributed by atoms with Gasteiger partial charge in [0.15, 0.2) is 5.96 Å². The summed E-state index contributed by atoms with van der Waals surface area (Å²) in [4.78, 5) is 11.7. The van der Waals surface area contributed by atoms with E-state index in [1.165, 1.54) is 5.56 Å². The highest BCUT2D eigenvalue weighted by atomic mass is 127. The van der Waals surface area contributed by atoms with Crippen molar-refractivity contribution in [1.82, 2.24) is 15.6 Å². The van der Waals surface area contributed by atoms with E-state index >= 15 is 0 Å². The monoisotopic (exact) mass is 553 g/mol. The Labute approximate surface area is 209 Å². The van der Waals surface area contributed by atoms with Gasteiger partial charge in [0, 0.05) is 37.9 Å². The Kier molecular flexibility index (Phi) is 12.4.